The number of carbonyl (C=O) groups is 1. The molecule has 2 aromatic heterocycles. The standard InChI is InChI=1S/C12H15N3O2/c1-7-4-3-5-15-9(6-8(2)13)14-10(11(7)15)12(16)17/h3-5,8H,6,13H2,1-2H3,(H,16,17). The van der Waals surface area contributed by atoms with Gasteiger partial charge < -0.3 is 15.2 Å². The van der Waals surface area contributed by atoms with Crippen molar-refractivity contribution in [1.29, 1.82) is 0 Å². The van der Waals surface area contributed by atoms with Crippen molar-refractivity contribution in [2.75, 3.05) is 0 Å². The molecule has 5 heteroatoms. The van der Waals surface area contributed by atoms with Crippen LogP contribution in [0.5, 0.6) is 0 Å². The number of pyridine rings is 1. The molecule has 17 heavy (non-hydrogen) atoms. The van der Waals surface area contributed by atoms with Gasteiger partial charge in [0.15, 0.2) is 5.69 Å². The Morgan fingerprint density at radius 1 is 1.65 bits per heavy atom. The van der Waals surface area contributed by atoms with Crippen LogP contribution in [0.15, 0.2) is 18.3 Å². The van der Waals surface area contributed by atoms with Gasteiger partial charge in [0.05, 0.1) is 5.52 Å². The summed E-state index contributed by atoms with van der Waals surface area (Å²) in [6.45, 7) is 3.75. The maximum absolute atomic E-state index is 11.2. The van der Waals surface area contributed by atoms with Crippen molar-refractivity contribution >= 4 is 11.5 Å². The minimum absolute atomic E-state index is 0.0530. The lowest BCUT2D eigenvalue weighted by molar-refractivity contribution is 0.0693. The number of nitrogens with zero attached hydrogens (tertiary/aromatic N) is 2. The quantitative estimate of drug-likeness (QED) is 0.835. The summed E-state index contributed by atoms with van der Waals surface area (Å²) in [5.41, 5.74) is 7.38. The van der Waals surface area contributed by atoms with Gasteiger partial charge >= 0.3 is 5.97 Å². The highest BCUT2D eigenvalue weighted by molar-refractivity contribution is 5.94. The number of aromatic carboxylic acids is 1. The van der Waals surface area contributed by atoms with Crippen LogP contribution in [0.2, 0.25) is 0 Å². The third-order valence-electron chi connectivity index (χ3n) is 2.65. The van der Waals surface area contributed by atoms with E-state index in [-0.39, 0.29) is 11.7 Å². The van der Waals surface area contributed by atoms with E-state index in [9.17, 15) is 4.79 Å². The van der Waals surface area contributed by atoms with Crippen LogP contribution in [0, 0.1) is 6.92 Å². The van der Waals surface area contributed by atoms with E-state index in [2.05, 4.69) is 4.98 Å². The van der Waals surface area contributed by atoms with E-state index in [1.165, 1.54) is 0 Å². The van der Waals surface area contributed by atoms with Crippen molar-refractivity contribution in [3.8, 4) is 0 Å². The molecule has 0 aromatic carbocycles. The van der Waals surface area contributed by atoms with Crippen LogP contribution in [-0.2, 0) is 6.42 Å². The van der Waals surface area contributed by atoms with E-state index in [0.29, 0.717) is 17.8 Å². The zero-order valence-corrected chi connectivity index (χ0v) is 9.84. The molecule has 0 aliphatic heterocycles. The zero-order chi connectivity index (χ0) is 12.6. The van der Waals surface area contributed by atoms with Crippen LogP contribution in [0.25, 0.3) is 5.52 Å². The van der Waals surface area contributed by atoms with Crippen LogP contribution in [0.3, 0.4) is 0 Å². The van der Waals surface area contributed by atoms with Gasteiger partial charge in [-0.15, -0.1) is 0 Å². The number of rotatable bonds is 3. The zero-order valence-electron chi connectivity index (χ0n) is 9.84. The molecule has 0 aliphatic carbocycles. The molecule has 0 saturated carbocycles. The molecule has 3 N–H and O–H groups in total. The van der Waals surface area contributed by atoms with Gasteiger partial charge in [-0.1, -0.05) is 6.07 Å². The molecule has 2 heterocycles. The number of aromatic nitrogens is 2. The highest BCUT2D eigenvalue weighted by Gasteiger charge is 2.18. The number of nitrogens with two attached hydrogens (primary N) is 1. The summed E-state index contributed by atoms with van der Waals surface area (Å²) in [6, 6.07) is 3.70. The Hall–Kier alpha value is -1.88. The monoisotopic (exact) mass is 233 g/mol. The minimum Gasteiger partial charge on any atom is -0.476 e. The van der Waals surface area contributed by atoms with Crippen molar-refractivity contribution < 1.29 is 9.90 Å². The molecule has 0 fully saturated rings. The van der Waals surface area contributed by atoms with Crippen LogP contribution in [0.1, 0.15) is 28.8 Å². The van der Waals surface area contributed by atoms with Gasteiger partial charge in [-0.25, -0.2) is 9.78 Å². The lowest BCUT2D eigenvalue weighted by Crippen LogP contribution is -2.19. The second-order valence-corrected chi connectivity index (χ2v) is 4.27. The van der Waals surface area contributed by atoms with Crippen molar-refractivity contribution in [2.24, 2.45) is 5.73 Å². The first-order valence-electron chi connectivity index (χ1n) is 5.46. The number of imidazole rings is 1. The second-order valence-electron chi connectivity index (χ2n) is 4.27. The molecule has 0 amide bonds. The van der Waals surface area contributed by atoms with E-state index in [1.807, 2.05) is 36.6 Å². The number of aryl methyl sites for hydroxylation is 1. The smallest absolute Gasteiger partial charge is 0.356 e. The Morgan fingerprint density at radius 2 is 2.35 bits per heavy atom. The Labute approximate surface area is 98.9 Å². The molecule has 0 radical (unpaired) electrons. The Morgan fingerprint density at radius 3 is 2.94 bits per heavy atom. The molecule has 90 valence electrons. The first-order valence-corrected chi connectivity index (χ1v) is 5.46. The molecule has 2 aromatic rings. The average molecular weight is 233 g/mol. The number of hydrogen-bond donors (Lipinski definition) is 2. The normalized spacial score (nSPS) is 12.9. The molecule has 0 aliphatic rings. The number of fused-ring (bicyclic) bond motifs is 1. The number of hydrogen-bond acceptors (Lipinski definition) is 3. The summed E-state index contributed by atoms with van der Waals surface area (Å²) >= 11 is 0. The highest BCUT2D eigenvalue weighted by Crippen LogP contribution is 2.18. The summed E-state index contributed by atoms with van der Waals surface area (Å²) < 4.78 is 1.81. The van der Waals surface area contributed by atoms with E-state index in [1.54, 1.807) is 0 Å². The number of carboxylic acids is 1. The maximum Gasteiger partial charge on any atom is 0.356 e. The summed E-state index contributed by atoms with van der Waals surface area (Å²) in [5, 5.41) is 9.15. The van der Waals surface area contributed by atoms with Crippen molar-refractivity contribution in [2.45, 2.75) is 26.3 Å². The van der Waals surface area contributed by atoms with Crippen LogP contribution >= 0.6 is 0 Å². The second kappa shape index (κ2) is 4.18. The summed E-state index contributed by atoms with van der Waals surface area (Å²) in [7, 11) is 0. The van der Waals surface area contributed by atoms with Crippen molar-refractivity contribution in [1.82, 2.24) is 9.38 Å². The van der Waals surface area contributed by atoms with E-state index in [4.69, 9.17) is 10.8 Å². The molecule has 5 nitrogen and oxygen atoms in total. The Kier molecular flexibility index (Phi) is 2.85. The molecular formula is C12H15N3O2. The molecular weight excluding hydrogens is 218 g/mol. The summed E-state index contributed by atoms with van der Waals surface area (Å²) in [5.74, 6) is -0.316. The fourth-order valence-corrected chi connectivity index (χ4v) is 1.95. The largest absolute Gasteiger partial charge is 0.476 e. The molecule has 0 saturated heterocycles. The predicted molar refractivity (Wildman–Crippen MR) is 64.2 cm³/mol. The van der Waals surface area contributed by atoms with Gasteiger partial charge in [-0.05, 0) is 25.5 Å². The van der Waals surface area contributed by atoms with Gasteiger partial charge in [-0.2, -0.15) is 0 Å². The molecule has 1 atom stereocenters. The summed E-state index contributed by atoms with van der Waals surface area (Å²) in [6.07, 6.45) is 2.37. The third-order valence-corrected chi connectivity index (χ3v) is 2.65. The van der Waals surface area contributed by atoms with Crippen molar-refractivity contribution in [3.05, 3.63) is 35.4 Å². The fourth-order valence-electron chi connectivity index (χ4n) is 1.95. The first kappa shape index (κ1) is 11.6. The van der Waals surface area contributed by atoms with Gasteiger partial charge in [0.25, 0.3) is 0 Å². The Bertz CT molecular complexity index is 572. The molecule has 2 rings (SSSR count). The third kappa shape index (κ3) is 2.01. The average Bonchev–Trinajstić information content (AvgIpc) is 2.58. The van der Waals surface area contributed by atoms with Crippen molar-refractivity contribution in [3.63, 3.8) is 0 Å². The van der Waals surface area contributed by atoms with Gasteiger partial charge in [0, 0.05) is 18.7 Å². The number of carboxylic acid groups (broad SMARTS) is 1. The minimum atomic E-state index is -1.01. The topological polar surface area (TPSA) is 80.6 Å². The molecule has 0 spiro atoms. The van der Waals surface area contributed by atoms with E-state index in [0.717, 1.165) is 5.56 Å². The van der Waals surface area contributed by atoms with Gasteiger partial charge in [0.2, 0.25) is 0 Å². The van der Waals surface area contributed by atoms with Gasteiger partial charge in [0.1, 0.15) is 5.82 Å². The Balaban J connectivity index is 2.71. The van der Waals surface area contributed by atoms with E-state index < -0.39 is 5.97 Å². The lowest BCUT2D eigenvalue weighted by atomic mass is 10.2. The van der Waals surface area contributed by atoms with Crippen LogP contribution in [0.4, 0.5) is 0 Å². The SMILES string of the molecule is Cc1cccn2c(CC(C)N)nc(C(=O)O)c12. The van der Waals surface area contributed by atoms with E-state index >= 15 is 0 Å². The summed E-state index contributed by atoms with van der Waals surface area (Å²) in [4.78, 5) is 15.3. The lowest BCUT2D eigenvalue weighted by Gasteiger charge is -2.04. The van der Waals surface area contributed by atoms with Crippen LogP contribution < -0.4 is 5.73 Å². The van der Waals surface area contributed by atoms with Gasteiger partial charge in [-0.3, -0.25) is 0 Å². The maximum atomic E-state index is 11.2. The van der Waals surface area contributed by atoms with Crippen LogP contribution in [-0.4, -0.2) is 26.5 Å². The molecule has 0 bridgehead atoms. The predicted octanol–water partition coefficient (Wildman–Crippen LogP) is 1.23. The highest BCUT2D eigenvalue weighted by atomic mass is 16.4. The molecule has 1 unspecified atom stereocenters. The first-order chi connectivity index (χ1) is 8.00. The fraction of sp³-hybridized carbons (Fsp3) is 0.333.